The topological polar surface area (TPSA) is 101 Å². The molecule has 0 aliphatic rings. The number of rotatable bonds is 7. The number of nitro groups is 1. The molecule has 0 aliphatic carbocycles. The van der Waals surface area contributed by atoms with Gasteiger partial charge in [-0.05, 0) is 19.3 Å². The molecule has 24 heavy (non-hydrogen) atoms. The van der Waals surface area contributed by atoms with Crippen molar-refractivity contribution in [2.45, 2.75) is 33.2 Å². The molecule has 0 radical (unpaired) electrons. The van der Waals surface area contributed by atoms with Gasteiger partial charge in [0.1, 0.15) is 5.82 Å². The van der Waals surface area contributed by atoms with Crippen LogP contribution in [0.1, 0.15) is 26.0 Å². The highest BCUT2D eigenvalue weighted by atomic mass is 16.6. The SMILES string of the molecule is Cc1cc(NC(CO)CC(C)C)nc(-c2cccc([N+](=O)[O-])c2)n1. The number of hydrogen-bond donors (Lipinski definition) is 2. The first kappa shape index (κ1) is 17.8. The summed E-state index contributed by atoms with van der Waals surface area (Å²) in [6, 6.07) is 7.94. The highest BCUT2D eigenvalue weighted by Gasteiger charge is 2.13. The molecule has 2 aromatic rings. The van der Waals surface area contributed by atoms with E-state index in [1.165, 1.54) is 12.1 Å². The van der Waals surface area contributed by atoms with Gasteiger partial charge in [-0.2, -0.15) is 0 Å². The molecule has 1 unspecified atom stereocenters. The summed E-state index contributed by atoms with van der Waals surface area (Å²) in [7, 11) is 0. The van der Waals surface area contributed by atoms with Crippen molar-refractivity contribution < 1.29 is 10.0 Å². The van der Waals surface area contributed by atoms with Crippen molar-refractivity contribution in [2.24, 2.45) is 5.92 Å². The van der Waals surface area contributed by atoms with E-state index in [0.717, 1.165) is 12.1 Å². The summed E-state index contributed by atoms with van der Waals surface area (Å²) in [5.41, 5.74) is 1.33. The van der Waals surface area contributed by atoms with Crippen LogP contribution in [0.2, 0.25) is 0 Å². The Morgan fingerprint density at radius 3 is 2.67 bits per heavy atom. The molecule has 2 N–H and O–H groups in total. The van der Waals surface area contributed by atoms with Crippen LogP contribution in [0.15, 0.2) is 30.3 Å². The Morgan fingerprint density at radius 2 is 2.04 bits per heavy atom. The number of hydrogen-bond acceptors (Lipinski definition) is 6. The predicted octanol–water partition coefficient (Wildman–Crippen LogP) is 3.18. The molecule has 1 heterocycles. The van der Waals surface area contributed by atoms with Gasteiger partial charge in [0.2, 0.25) is 0 Å². The van der Waals surface area contributed by atoms with Gasteiger partial charge < -0.3 is 10.4 Å². The third kappa shape index (κ3) is 4.73. The molecule has 128 valence electrons. The van der Waals surface area contributed by atoms with Crippen LogP contribution in [-0.4, -0.2) is 32.6 Å². The quantitative estimate of drug-likeness (QED) is 0.597. The molecule has 0 spiro atoms. The van der Waals surface area contributed by atoms with Crippen molar-refractivity contribution in [3.8, 4) is 11.4 Å². The third-order valence-electron chi connectivity index (χ3n) is 3.50. The number of benzene rings is 1. The molecule has 0 bridgehead atoms. The summed E-state index contributed by atoms with van der Waals surface area (Å²) in [5.74, 6) is 1.46. The van der Waals surface area contributed by atoms with E-state index >= 15 is 0 Å². The van der Waals surface area contributed by atoms with Crippen LogP contribution in [0.5, 0.6) is 0 Å². The lowest BCUT2D eigenvalue weighted by Gasteiger charge is -2.19. The van der Waals surface area contributed by atoms with Crippen LogP contribution in [0.4, 0.5) is 11.5 Å². The number of aliphatic hydroxyl groups is 1. The summed E-state index contributed by atoms with van der Waals surface area (Å²) >= 11 is 0. The van der Waals surface area contributed by atoms with Gasteiger partial charge in [0, 0.05) is 29.5 Å². The average Bonchev–Trinajstić information content (AvgIpc) is 2.53. The molecule has 7 nitrogen and oxygen atoms in total. The second-order valence-corrected chi connectivity index (χ2v) is 6.18. The predicted molar refractivity (Wildman–Crippen MR) is 92.8 cm³/mol. The van der Waals surface area contributed by atoms with Gasteiger partial charge in [-0.15, -0.1) is 0 Å². The zero-order chi connectivity index (χ0) is 17.7. The lowest BCUT2D eigenvalue weighted by molar-refractivity contribution is -0.384. The Kier molecular flexibility index (Phi) is 5.81. The van der Waals surface area contributed by atoms with Gasteiger partial charge >= 0.3 is 0 Å². The number of nitrogens with one attached hydrogen (secondary N) is 1. The van der Waals surface area contributed by atoms with E-state index in [0.29, 0.717) is 23.1 Å². The molecule has 2 rings (SSSR count). The fourth-order valence-corrected chi connectivity index (χ4v) is 2.49. The molecular formula is C17H22N4O3. The Bertz CT molecular complexity index is 719. The molecule has 0 saturated carbocycles. The molecule has 0 aliphatic heterocycles. The minimum Gasteiger partial charge on any atom is -0.394 e. The Hall–Kier alpha value is -2.54. The van der Waals surface area contributed by atoms with E-state index < -0.39 is 4.92 Å². The number of nitrogens with zero attached hydrogens (tertiary/aromatic N) is 3. The molecule has 1 aromatic carbocycles. The van der Waals surface area contributed by atoms with Gasteiger partial charge in [0.25, 0.3) is 5.69 Å². The zero-order valence-electron chi connectivity index (χ0n) is 14.1. The molecule has 1 aromatic heterocycles. The van der Waals surface area contributed by atoms with Crippen molar-refractivity contribution in [3.63, 3.8) is 0 Å². The van der Waals surface area contributed by atoms with Gasteiger partial charge in [0.15, 0.2) is 5.82 Å². The van der Waals surface area contributed by atoms with E-state index in [-0.39, 0.29) is 18.3 Å². The first-order valence-corrected chi connectivity index (χ1v) is 7.87. The molecule has 0 saturated heterocycles. The maximum Gasteiger partial charge on any atom is 0.270 e. The fourth-order valence-electron chi connectivity index (χ4n) is 2.49. The number of non-ortho nitro benzene ring substituents is 1. The number of aryl methyl sites for hydroxylation is 1. The Morgan fingerprint density at radius 1 is 1.29 bits per heavy atom. The number of aliphatic hydroxyl groups excluding tert-OH is 1. The highest BCUT2D eigenvalue weighted by molar-refractivity contribution is 5.61. The van der Waals surface area contributed by atoms with Crippen molar-refractivity contribution >= 4 is 11.5 Å². The van der Waals surface area contributed by atoms with Crippen molar-refractivity contribution in [2.75, 3.05) is 11.9 Å². The van der Waals surface area contributed by atoms with Gasteiger partial charge in [-0.25, -0.2) is 9.97 Å². The van der Waals surface area contributed by atoms with E-state index in [4.69, 9.17) is 0 Å². The van der Waals surface area contributed by atoms with Crippen LogP contribution in [0.25, 0.3) is 11.4 Å². The first-order valence-electron chi connectivity index (χ1n) is 7.87. The van der Waals surface area contributed by atoms with Crippen LogP contribution in [0.3, 0.4) is 0 Å². The zero-order valence-corrected chi connectivity index (χ0v) is 14.1. The summed E-state index contributed by atoms with van der Waals surface area (Å²) in [5, 5.41) is 23.7. The molecular weight excluding hydrogens is 308 g/mol. The third-order valence-corrected chi connectivity index (χ3v) is 3.50. The van der Waals surface area contributed by atoms with Gasteiger partial charge in [-0.3, -0.25) is 10.1 Å². The van der Waals surface area contributed by atoms with Crippen LogP contribution >= 0.6 is 0 Å². The Balaban J connectivity index is 2.31. The lowest BCUT2D eigenvalue weighted by Crippen LogP contribution is -2.26. The van der Waals surface area contributed by atoms with Crippen LogP contribution < -0.4 is 5.32 Å². The van der Waals surface area contributed by atoms with E-state index in [2.05, 4.69) is 29.1 Å². The maximum absolute atomic E-state index is 10.9. The Labute approximate surface area is 140 Å². The second kappa shape index (κ2) is 7.83. The minimum atomic E-state index is -0.442. The smallest absolute Gasteiger partial charge is 0.270 e. The van der Waals surface area contributed by atoms with E-state index in [1.807, 2.05) is 6.92 Å². The molecule has 7 heteroatoms. The summed E-state index contributed by atoms with van der Waals surface area (Å²) in [6.45, 7) is 6.02. The standard InChI is InChI=1S/C17H22N4O3/c1-11(2)7-14(10-22)19-16-8-12(3)18-17(20-16)13-5-4-6-15(9-13)21(23)24/h4-6,8-9,11,14,22H,7,10H2,1-3H3,(H,18,19,20). The first-order chi connectivity index (χ1) is 11.4. The molecule has 0 amide bonds. The summed E-state index contributed by atoms with van der Waals surface area (Å²) in [4.78, 5) is 19.3. The number of nitro benzene ring substituents is 1. The summed E-state index contributed by atoms with van der Waals surface area (Å²) in [6.07, 6.45) is 0.811. The van der Waals surface area contributed by atoms with Gasteiger partial charge in [-0.1, -0.05) is 26.0 Å². The second-order valence-electron chi connectivity index (χ2n) is 6.18. The minimum absolute atomic E-state index is 0.000146. The number of anilines is 1. The van der Waals surface area contributed by atoms with E-state index in [1.54, 1.807) is 18.2 Å². The number of aromatic nitrogens is 2. The maximum atomic E-state index is 10.9. The normalized spacial score (nSPS) is 12.2. The van der Waals surface area contributed by atoms with Crippen LogP contribution in [0, 0.1) is 23.0 Å². The van der Waals surface area contributed by atoms with Crippen molar-refractivity contribution in [1.29, 1.82) is 0 Å². The summed E-state index contributed by atoms with van der Waals surface area (Å²) < 4.78 is 0. The monoisotopic (exact) mass is 330 g/mol. The van der Waals surface area contributed by atoms with Gasteiger partial charge in [0.05, 0.1) is 17.6 Å². The largest absolute Gasteiger partial charge is 0.394 e. The van der Waals surface area contributed by atoms with E-state index in [9.17, 15) is 15.2 Å². The lowest BCUT2D eigenvalue weighted by atomic mass is 10.0. The fraction of sp³-hybridized carbons (Fsp3) is 0.412. The van der Waals surface area contributed by atoms with Crippen molar-refractivity contribution in [1.82, 2.24) is 9.97 Å². The highest BCUT2D eigenvalue weighted by Crippen LogP contribution is 2.23. The average molecular weight is 330 g/mol. The van der Waals surface area contributed by atoms with Crippen LogP contribution in [-0.2, 0) is 0 Å². The molecule has 1 atom stereocenters. The molecule has 0 fully saturated rings. The van der Waals surface area contributed by atoms with Crippen molar-refractivity contribution in [3.05, 3.63) is 46.1 Å².